The molecule has 0 saturated carbocycles. The molecule has 1 aromatic rings. The lowest BCUT2D eigenvalue weighted by Gasteiger charge is -2.05. The number of ether oxygens (including phenoxy) is 1. The van der Waals surface area contributed by atoms with Crippen LogP contribution in [0, 0.1) is 11.3 Å². The second kappa shape index (κ2) is 6.83. The van der Waals surface area contributed by atoms with Crippen LogP contribution >= 0.6 is 0 Å². The highest BCUT2D eigenvalue weighted by molar-refractivity contribution is 5.25. The number of unbranched alkanes of at least 4 members (excludes halogenated alkanes) is 3. The van der Waals surface area contributed by atoms with Crippen molar-refractivity contribution in [2.75, 3.05) is 7.11 Å². The Labute approximate surface area is 90.7 Å². The average Bonchev–Trinajstić information content (AvgIpc) is 2.29. The van der Waals surface area contributed by atoms with E-state index in [4.69, 9.17) is 10.00 Å². The minimum atomic E-state index is 0.657. The van der Waals surface area contributed by atoms with Gasteiger partial charge in [0.05, 0.1) is 13.2 Å². The van der Waals surface area contributed by atoms with Crippen LogP contribution < -0.4 is 4.74 Å². The molecule has 0 spiro atoms. The van der Waals surface area contributed by atoms with Crippen LogP contribution in [0.3, 0.4) is 0 Å². The van der Waals surface area contributed by atoms with Crippen molar-refractivity contribution in [1.29, 1.82) is 5.26 Å². The van der Waals surface area contributed by atoms with Crippen LogP contribution in [0.25, 0.3) is 0 Å². The van der Waals surface area contributed by atoms with Gasteiger partial charge in [0, 0.05) is 18.2 Å². The lowest BCUT2D eigenvalue weighted by molar-refractivity contribution is 0.391. The van der Waals surface area contributed by atoms with Crippen LogP contribution in [0.2, 0.25) is 0 Å². The molecule has 3 heteroatoms. The summed E-state index contributed by atoms with van der Waals surface area (Å²) in [6.07, 6.45) is 6.53. The van der Waals surface area contributed by atoms with Crippen molar-refractivity contribution in [2.45, 2.75) is 32.1 Å². The number of rotatable bonds is 6. The molecule has 0 aliphatic heterocycles. The van der Waals surface area contributed by atoms with Crippen molar-refractivity contribution >= 4 is 0 Å². The van der Waals surface area contributed by atoms with Crippen molar-refractivity contribution in [1.82, 2.24) is 4.98 Å². The number of hydrogen-bond acceptors (Lipinski definition) is 3. The molecule has 0 aromatic carbocycles. The van der Waals surface area contributed by atoms with Gasteiger partial charge in [-0.25, -0.2) is 4.98 Å². The predicted molar refractivity (Wildman–Crippen MR) is 58.6 cm³/mol. The Hall–Kier alpha value is -1.56. The van der Waals surface area contributed by atoms with Crippen LogP contribution in [0.4, 0.5) is 0 Å². The lowest BCUT2D eigenvalue weighted by Crippen LogP contribution is -1.94. The number of pyridine rings is 1. The smallest absolute Gasteiger partial charge is 0.216 e. The minimum Gasteiger partial charge on any atom is -0.481 e. The van der Waals surface area contributed by atoms with Crippen LogP contribution in [-0.2, 0) is 6.42 Å². The van der Waals surface area contributed by atoms with E-state index in [0.29, 0.717) is 6.42 Å². The Morgan fingerprint density at radius 1 is 1.40 bits per heavy atom. The first-order valence-electron chi connectivity index (χ1n) is 5.23. The molecule has 1 heterocycles. The fourth-order valence-electron chi connectivity index (χ4n) is 1.49. The SMILES string of the molecule is COc1ncccc1CCCCCC#N. The van der Waals surface area contributed by atoms with Gasteiger partial charge in [-0.1, -0.05) is 12.5 Å². The fourth-order valence-corrected chi connectivity index (χ4v) is 1.49. The molecule has 0 unspecified atom stereocenters. The van der Waals surface area contributed by atoms with Crippen molar-refractivity contribution in [3.05, 3.63) is 23.9 Å². The Bertz CT molecular complexity index is 331. The standard InChI is InChI=1S/C12H16N2O/c1-15-12-11(8-6-10-14-12)7-4-2-3-5-9-13/h6,8,10H,2-5,7H2,1H3. The van der Waals surface area contributed by atoms with Gasteiger partial charge in [-0.15, -0.1) is 0 Å². The molecule has 0 atom stereocenters. The summed E-state index contributed by atoms with van der Waals surface area (Å²) in [6.45, 7) is 0. The first kappa shape index (κ1) is 11.5. The maximum atomic E-state index is 8.38. The van der Waals surface area contributed by atoms with Gasteiger partial charge in [-0.2, -0.15) is 5.26 Å². The third-order valence-corrected chi connectivity index (χ3v) is 2.28. The molecule has 3 nitrogen and oxygen atoms in total. The zero-order chi connectivity index (χ0) is 10.9. The van der Waals surface area contributed by atoms with Crippen LogP contribution in [0.5, 0.6) is 5.88 Å². The van der Waals surface area contributed by atoms with Gasteiger partial charge in [-0.3, -0.25) is 0 Å². The first-order chi connectivity index (χ1) is 7.38. The average molecular weight is 204 g/mol. The summed E-state index contributed by atoms with van der Waals surface area (Å²) < 4.78 is 5.16. The zero-order valence-electron chi connectivity index (χ0n) is 9.07. The van der Waals surface area contributed by atoms with E-state index in [-0.39, 0.29) is 0 Å². The van der Waals surface area contributed by atoms with Crippen LogP contribution in [-0.4, -0.2) is 12.1 Å². The van der Waals surface area contributed by atoms with Crippen LogP contribution in [0.1, 0.15) is 31.2 Å². The third-order valence-electron chi connectivity index (χ3n) is 2.28. The van der Waals surface area contributed by atoms with Gasteiger partial charge in [0.1, 0.15) is 0 Å². The fraction of sp³-hybridized carbons (Fsp3) is 0.500. The normalized spacial score (nSPS) is 9.60. The maximum absolute atomic E-state index is 8.38. The zero-order valence-corrected chi connectivity index (χ0v) is 9.07. The highest BCUT2D eigenvalue weighted by Gasteiger charge is 2.01. The van der Waals surface area contributed by atoms with E-state index in [1.807, 2.05) is 12.1 Å². The Balaban J connectivity index is 2.34. The van der Waals surface area contributed by atoms with Gasteiger partial charge in [0.25, 0.3) is 0 Å². The topological polar surface area (TPSA) is 45.9 Å². The molecule has 0 aliphatic rings. The second-order valence-corrected chi connectivity index (χ2v) is 3.39. The van der Waals surface area contributed by atoms with E-state index in [2.05, 4.69) is 11.1 Å². The van der Waals surface area contributed by atoms with Gasteiger partial charge >= 0.3 is 0 Å². The third kappa shape index (κ3) is 3.99. The number of aryl methyl sites for hydroxylation is 1. The van der Waals surface area contributed by atoms with Crippen molar-refractivity contribution < 1.29 is 4.74 Å². The predicted octanol–water partition coefficient (Wildman–Crippen LogP) is 2.72. The van der Waals surface area contributed by atoms with Gasteiger partial charge in [-0.05, 0) is 25.3 Å². The van der Waals surface area contributed by atoms with Crippen LogP contribution in [0.15, 0.2) is 18.3 Å². The van der Waals surface area contributed by atoms with E-state index >= 15 is 0 Å². The second-order valence-electron chi connectivity index (χ2n) is 3.39. The number of nitriles is 1. The summed E-state index contributed by atoms with van der Waals surface area (Å²) in [5, 5.41) is 8.38. The molecule has 1 rings (SSSR count). The first-order valence-corrected chi connectivity index (χ1v) is 5.23. The van der Waals surface area contributed by atoms with E-state index in [0.717, 1.165) is 37.1 Å². The Morgan fingerprint density at radius 3 is 3.00 bits per heavy atom. The van der Waals surface area contributed by atoms with E-state index in [1.165, 1.54) is 0 Å². The molecular weight excluding hydrogens is 188 g/mol. The van der Waals surface area contributed by atoms with Gasteiger partial charge < -0.3 is 4.74 Å². The highest BCUT2D eigenvalue weighted by atomic mass is 16.5. The Kier molecular flexibility index (Phi) is 5.24. The summed E-state index contributed by atoms with van der Waals surface area (Å²) in [5.74, 6) is 0.720. The number of nitrogens with zero attached hydrogens (tertiary/aromatic N) is 2. The molecule has 80 valence electrons. The maximum Gasteiger partial charge on any atom is 0.216 e. The van der Waals surface area contributed by atoms with Gasteiger partial charge in [0.2, 0.25) is 5.88 Å². The lowest BCUT2D eigenvalue weighted by atomic mass is 10.1. The highest BCUT2D eigenvalue weighted by Crippen LogP contribution is 2.16. The van der Waals surface area contributed by atoms with Crippen molar-refractivity contribution in [3.63, 3.8) is 0 Å². The molecule has 0 bridgehead atoms. The summed E-state index contributed by atoms with van der Waals surface area (Å²) in [7, 11) is 1.64. The molecule has 15 heavy (non-hydrogen) atoms. The molecule has 0 N–H and O–H groups in total. The number of hydrogen-bond donors (Lipinski definition) is 0. The number of aromatic nitrogens is 1. The quantitative estimate of drug-likeness (QED) is 0.669. The molecular formula is C12H16N2O. The summed E-state index contributed by atoms with van der Waals surface area (Å²) in [4.78, 5) is 4.14. The minimum absolute atomic E-state index is 0.657. The van der Waals surface area contributed by atoms with Gasteiger partial charge in [0.15, 0.2) is 0 Å². The van der Waals surface area contributed by atoms with E-state index in [1.54, 1.807) is 13.3 Å². The molecule has 0 radical (unpaired) electrons. The summed E-state index contributed by atoms with van der Waals surface area (Å²) in [6, 6.07) is 6.11. The number of methoxy groups -OCH3 is 1. The largest absolute Gasteiger partial charge is 0.481 e. The molecule has 0 aliphatic carbocycles. The summed E-state index contributed by atoms with van der Waals surface area (Å²) >= 11 is 0. The van der Waals surface area contributed by atoms with E-state index in [9.17, 15) is 0 Å². The summed E-state index contributed by atoms with van der Waals surface area (Å²) in [5.41, 5.74) is 1.15. The van der Waals surface area contributed by atoms with E-state index < -0.39 is 0 Å². The van der Waals surface area contributed by atoms with Crippen molar-refractivity contribution in [3.8, 4) is 11.9 Å². The Morgan fingerprint density at radius 2 is 2.27 bits per heavy atom. The molecule has 0 saturated heterocycles. The van der Waals surface area contributed by atoms with Crippen molar-refractivity contribution in [2.24, 2.45) is 0 Å². The molecule has 0 amide bonds. The molecule has 0 fully saturated rings. The molecule has 1 aromatic heterocycles. The monoisotopic (exact) mass is 204 g/mol.